The molecule has 1 fully saturated rings. The number of carbonyl (C=O) groups is 2. The van der Waals surface area contributed by atoms with E-state index in [0.717, 1.165) is 11.3 Å². The molecule has 2 N–H and O–H groups in total. The van der Waals surface area contributed by atoms with Crippen molar-refractivity contribution >= 4 is 11.8 Å². The number of para-hydroxylation sites is 1. The Balaban J connectivity index is 1.93. The van der Waals surface area contributed by atoms with Gasteiger partial charge in [-0.2, -0.15) is 0 Å². The Hall–Kier alpha value is -2.04. The molecule has 1 atom stereocenters. The normalized spacial score (nSPS) is 17.1. The summed E-state index contributed by atoms with van der Waals surface area (Å²) in [7, 11) is 1.64. The van der Waals surface area contributed by atoms with Gasteiger partial charge in [0.15, 0.2) is 0 Å². The predicted octanol–water partition coefficient (Wildman–Crippen LogP) is 1.91. The van der Waals surface area contributed by atoms with Gasteiger partial charge in [0.1, 0.15) is 5.75 Å². The number of nitrogens with two attached hydrogens (primary N) is 1. The first-order valence-corrected chi connectivity index (χ1v) is 7.73. The van der Waals surface area contributed by atoms with Gasteiger partial charge in [0.05, 0.1) is 7.11 Å². The van der Waals surface area contributed by atoms with Crippen molar-refractivity contribution in [2.24, 2.45) is 11.7 Å². The lowest BCUT2D eigenvalue weighted by atomic mass is 9.93. The molecule has 0 saturated carbocycles. The van der Waals surface area contributed by atoms with Crippen LogP contribution in [0.5, 0.6) is 5.75 Å². The van der Waals surface area contributed by atoms with Crippen molar-refractivity contribution in [2.45, 2.75) is 32.1 Å². The lowest BCUT2D eigenvalue weighted by Gasteiger charge is -2.31. The number of hydrogen-bond donors (Lipinski definition) is 1. The maximum atomic E-state index is 12.4. The molecule has 1 saturated heterocycles. The van der Waals surface area contributed by atoms with E-state index in [4.69, 9.17) is 10.5 Å². The van der Waals surface area contributed by atoms with Crippen LogP contribution < -0.4 is 10.5 Å². The SMILES string of the molecule is COc1ccccc1C(C)CC(=O)N1CCC(C(N)=O)CC1. The van der Waals surface area contributed by atoms with Crippen LogP contribution in [0.3, 0.4) is 0 Å². The van der Waals surface area contributed by atoms with Gasteiger partial charge < -0.3 is 15.4 Å². The molecule has 1 aliphatic heterocycles. The fourth-order valence-corrected chi connectivity index (χ4v) is 2.99. The lowest BCUT2D eigenvalue weighted by molar-refractivity contribution is -0.135. The van der Waals surface area contributed by atoms with Crippen LogP contribution in [-0.4, -0.2) is 36.9 Å². The van der Waals surface area contributed by atoms with Crippen LogP contribution in [0.15, 0.2) is 24.3 Å². The van der Waals surface area contributed by atoms with Crippen LogP contribution in [0.2, 0.25) is 0 Å². The molecule has 0 spiro atoms. The number of hydrogen-bond acceptors (Lipinski definition) is 3. The maximum absolute atomic E-state index is 12.4. The van der Waals surface area contributed by atoms with Gasteiger partial charge in [-0.15, -0.1) is 0 Å². The lowest BCUT2D eigenvalue weighted by Crippen LogP contribution is -2.42. The molecule has 1 heterocycles. The molecule has 1 aromatic rings. The van der Waals surface area contributed by atoms with Crippen LogP contribution in [0.1, 0.15) is 37.7 Å². The largest absolute Gasteiger partial charge is 0.496 e. The zero-order chi connectivity index (χ0) is 16.1. The van der Waals surface area contributed by atoms with Crippen molar-refractivity contribution in [3.63, 3.8) is 0 Å². The Morgan fingerprint density at radius 3 is 2.55 bits per heavy atom. The Kier molecular flexibility index (Phi) is 5.41. The van der Waals surface area contributed by atoms with Crippen LogP contribution >= 0.6 is 0 Å². The fraction of sp³-hybridized carbons (Fsp3) is 0.529. The summed E-state index contributed by atoms with van der Waals surface area (Å²) in [5, 5.41) is 0. The van der Waals surface area contributed by atoms with E-state index in [9.17, 15) is 9.59 Å². The summed E-state index contributed by atoms with van der Waals surface area (Å²) in [6.07, 6.45) is 1.79. The van der Waals surface area contributed by atoms with Gasteiger partial charge in [0.2, 0.25) is 11.8 Å². The molecule has 0 aliphatic carbocycles. The number of methoxy groups -OCH3 is 1. The molecule has 120 valence electrons. The molecular weight excluding hydrogens is 280 g/mol. The zero-order valence-electron chi connectivity index (χ0n) is 13.2. The highest BCUT2D eigenvalue weighted by atomic mass is 16.5. The molecule has 1 aromatic carbocycles. The van der Waals surface area contributed by atoms with Crippen LogP contribution in [0, 0.1) is 5.92 Å². The smallest absolute Gasteiger partial charge is 0.223 e. The number of piperidine rings is 1. The number of carbonyl (C=O) groups excluding carboxylic acids is 2. The monoisotopic (exact) mass is 304 g/mol. The standard InChI is InChI=1S/C17H24N2O3/c1-12(14-5-3-4-6-15(14)22-2)11-16(20)19-9-7-13(8-10-19)17(18)21/h3-6,12-13H,7-11H2,1-2H3,(H2,18,21). The second kappa shape index (κ2) is 7.29. The minimum absolute atomic E-state index is 0.0873. The number of nitrogens with zero attached hydrogens (tertiary/aromatic N) is 1. The predicted molar refractivity (Wildman–Crippen MR) is 84.5 cm³/mol. The molecule has 1 aliphatic rings. The van der Waals surface area contributed by atoms with E-state index >= 15 is 0 Å². The number of likely N-dealkylation sites (tertiary alicyclic amines) is 1. The van der Waals surface area contributed by atoms with Crippen molar-refractivity contribution in [1.82, 2.24) is 4.90 Å². The van der Waals surface area contributed by atoms with E-state index in [1.54, 1.807) is 7.11 Å². The summed E-state index contributed by atoms with van der Waals surface area (Å²) in [6.45, 7) is 3.27. The first-order valence-electron chi connectivity index (χ1n) is 7.73. The first-order chi connectivity index (χ1) is 10.5. The van der Waals surface area contributed by atoms with Crippen LogP contribution in [0.25, 0.3) is 0 Å². The van der Waals surface area contributed by atoms with E-state index in [1.807, 2.05) is 36.1 Å². The quantitative estimate of drug-likeness (QED) is 0.903. The Morgan fingerprint density at radius 1 is 1.32 bits per heavy atom. The van der Waals surface area contributed by atoms with Gasteiger partial charge in [-0.3, -0.25) is 9.59 Å². The summed E-state index contributed by atoms with van der Waals surface area (Å²) < 4.78 is 5.36. The van der Waals surface area contributed by atoms with E-state index in [2.05, 4.69) is 0 Å². The average Bonchev–Trinajstić information content (AvgIpc) is 2.54. The summed E-state index contributed by atoms with van der Waals surface area (Å²) in [4.78, 5) is 25.4. The molecule has 2 rings (SSSR count). The molecule has 0 aromatic heterocycles. The molecule has 5 nitrogen and oxygen atoms in total. The third kappa shape index (κ3) is 3.78. The van der Waals surface area contributed by atoms with E-state index < -0.39 is 0 Å². The summed E-state index contributed by atoms with van der Waals surface area (Å²) in [5.74, 6) is 0.694. The van der Waals surface area contributed by atoms with Gasteiger partial charge >= 0.3 is 0 Å². The number of primary amides is 1. The zero-order valence-corrected chi connectivity index (χ0v) is 13.2. The summed E-state index contributed by atoms with van der Waals surface area (Å²) in [5.41, 5.74) is 6.37. The van der Waals surface area contributed by atoms with E-state index in [0.29, 0.717) is 32.4 Å². The Labute approximate surface area is 131 Å². The van der Waals surface area contributed by atoms with Gasteiger partial charge in [-0.25, -0.2) is 0 Å². The molecule has 2 amide bonds. The van der Waals surface area contributed by atoms with Crippen LogP contribution in [0.4, 0.5) is 0 Å². The highest BCUT2D eigenvalue weighted by Gasteiger charge is 2.27. The van der Waals surface area contributed by atoms with Crippen molar-refractivity contribution in [1.29, 1.82) is 0 Å². The van der Waals surface area contributed by atoms with E-state index in [-0.39, 0.29) is 23.7 Å². The molecule has 1 unspecified atom stereocenters. The van der Waals surface area contributed by atoms with Gasteiger partial charge in [0.25, 0.3) is 0 Å². The fourth-order valence-electron chi connectivity index (χ4n) is 2.99. The topological polar surface area (TPSA) is 72.6 Å². The average molecular weight is 304 g/mol. The number of ether oxygens (including phenoxy) is 1. The van der Waals surface area contributed by atoms with Crippen LogP contribution in [-0.2, 0) is 9.59 Å². The molecular formula is C17H24N2O3. The molecule has 22 heavy (non-hydrogen) atoms. The Morgan fingerprint density at radius 2 is 1.95 bits per heavy atom. The van der Waals surface area contributed by atoms with Gasteiger partial charge in [-0.1, -0.05) is 25.1 Å². The van der Waals surface area contributed by atoms with Crippen molar-refractivity contribution in [2.75, 3.05) is 20.2 Å². The number of benzene rings is 1. The van der Waals surface area contributed by atoms with Crippen molar-refractivity contribution in [3.8, 4) is 5.75 Å². The van der Waals surface area contributed by atoms with Gasteiger partial charge in [0, 0.05) is 25.4 Å². The highest BCUT2D eigenvalue weighted by molar-refractivity contribution is 5.79. The molecule has 0 radical (unpaired) electrons. The molecule has 5 heteroatoms. The third-order valence-electron chi connectivity index (χ3n) is 4.40. The highest BCUT2D eigenvalue weighted by Crippen LogP contribution is 2.29. The molecule has 0 bridgehead atoms. The third-order valence-corrected chi connectivity index (χ3v) is 4.40. The second-order valence-electron chi connectivity index (χ2n) is 5.90. The van der Waals surface area contributed by atoms with E-state index in [1.165, 1.54) is 0 Å². The number of amides is 2. The summed E-state index contributed by atoms with van der Waals surface area (Å²) >= 11 is 0. The number of rotatable bonds is 5. The maximum Gasteiger partial charge on any atom is 0.223 e. The van der Waals surface area contributed by atoms with Crippen molar-refractivity contribution < 1.29 is 14.3 Å². The second-order valence-corrected chi connectivity index (χ2v) is 5.90. The first kappa shape index (κ1) is 16.3. The minimum atomic E-state index is -0.255. The minimum Gasteiger partial charge on any atom is -0.496 e. The van der Waals surface area contributed by atoms with Crippen molar-refractivity contribution in [3.05, 3.63) is 29.8 Å². The Bertz CT molecular complexity index is 536. The van der Waals surface area contributed by atoms with Gasteiger partial charge in [-0.05, 0) is 30.4 Å². The summed E-state index contributed by atoms with van der Waals surface area (Å²) in [6, 6.07) is 7.79.